The number of H-pyrrole nitrogens is 1. The van der Waals surface area contributed by atoms with E-state index >= 15 is 0 Å². The van der Waals surface area contributed by atoms with Gasteiger partial charge in [0.1, 0.15) is 16.9 Å². The molecular formula is C13H21N5S. The molecule has 0 fully saturated rings. The zero-order valence-corrected chi connectivity index (χ0v) is 12.3. The molecule has 0 bridgehead atoms. The van der Waals surface area contributed by atoms with Crippen molar-refractivity contribution in [2.45, 2.75) is 44.2 Å². The fraction of sp³-hybridized carbons (Fsp3) is 0.615. The Hall–Kier alpha value is -1.14. The van der Waals surface area contributed by atoms with Gasteiger partial charge in [-0.2, -0.15) is 0 Å². The standard InChI is InChI=1S/C13H21N5S/c1-3-5-10(14-6-4-2)7-19-13-11-12(16-8-15-11)17-9-18-13/h8-10,14H,3-7H2,1-2H3,(H,15,16,17,18). The van der Waals surface area contributed by atoms with Crippen molar-refractivity contribution >= 4 is 22.9 Å². The van der Waals surface area contributed by atoms with Crippen LogP contribution in [0.5, 0.6) is 0 Å². The van der Waals surface area contributed by atoms with Crippen molar-refractivity contribution in [1.82, 2.24) is 25.3 Å². The smallest absolute Gasteiger partial charge is 0.181 e. The highest BCUT2D eigenvalue weighted by molar-refractivity contribution is 7.99. The molecule has 104 valence electrons. The molecule has 5 nitrogen and oxygen atoms in total. The van der Waals surface area contributed by atoms with Gasteiger partial charge in [-0.25, -0.2) is 15.0 Å². The summed E-state index contributed by atoms with van der Waals surface area (Å²) in [5, 5.41) is 4.58. The normalized spacial score (nSPS) is 12.9. The molecule has 19 heavy (non-hydrogen) atoms. The lowest BCUT2D eigenvalue weighted by Crippen LogP contribution is -2.31. The molecule has 0 amide bonds. The third kappa shape index (κ3) is 3.91. The van der Waals surface area contributed by atoms with Gasteiger partial charge in [0, 0.05) is 11.8 Å². The summed E-state index contributed by atoms with van der Waals surface area (Å²) in [5.41, 5.74) is 1.68. The van der Waals surface area contributed by atoms with Gasteiger partial charge < -0.3 is 10.3 Å². The van der Waals surface area contributed by atoms with Gasteiger partial charge in [-0.1, -0.05) is 20.3 Å². The van der Waals surface area contributed by atoms with Gasteiger partial charge in [0.25, 0.3) is 0 Å². The molecule has 0 aliphatic rings. The molecule has 1 atom stereocenters. The van der Waals surface area contributed by atoms with Gasteiger partial charge in [-0.05, 0) is 19.4 Å². The first kappa shape index (κ1) is 14.3. The summed E-state index contributed by atoms with van der Waals surface area (Å²) in [7, 11) is 0. The van der Waals surface area contributed by atoms with E-state index in [0.717, 1.165) is 28.5 Å². The molecule has 0 saturated heterocycles. The summed E-state index contributed by atoms with van der Waals surface area (Å²) in [6.07, 6.45) is 6.82. The topological polar surface area (TPSA) is 66.5 Å². The second-order valence-electron chi connectivity index (χ2n) is 4.53. The van der Waals surface area contributed by atoms with Crippen LogP contribution >= 0.6 is 11.8 Å². The van der Waals surface area contributed by atoms with Crippen LogP contribution in [0.3, 0.4) is 0 Å². The third-order valence-electron chi connectivity index (χ3n) is 2.93. The number of nitrogens with zero attached hydrogens (tertiary/aromatic N) is 3. The Morgan fingerprint density at radius 1 is 1.26 bits per heavy atom. The van der Waals surface area contributed by atoms with E-state index in [1.165, 1.54) is 19.3 Å². The number of rotatable bonds is 8. The van der Waals surface area contributed by atoms with Crippen LogP contribution in [0.1, 0.15) is 33.1 Å². The van der Waals surface area contributed by atoms with E-state index in [4.69, 9.17) is 0 Å². The van der Waals surface area contributed by atoms with Crippen LogP contribution in [0.25, 0.3) is 11.2 Å². The number of nitrogens with one attached hydrogen (secondary N) is 2. The zero-order valence-electron chi connectivity index (χ0n) is 11.5. The molecule has 1 unspecified atom stereocenters. The van der Waals surface area contributed by atoms with Crippen LogP contribution < -0.4 is 5.32 Å². The summed E-state index contributed by atoms with van der Waals surface area (Å²) in [6.45, 7) is 5.50. The lowest BCUT2D eigenvalue weighted by Gasteiger charge is -2.17. The predicted molar refractivity (Wildman–Crippen MR) is 79.4 cm³/mol. The summed E-state index contributed by atoms with van der Waals surface area (Å²) in [4.78, 5) is 15.7. The minimum atomic E-state index is 0.544. The fourth-order valence-corrected chi connectivity index (χ4v) is 3.03. The maximum Gasteiger partial charge on any atom is 0.181 e. The van der Waals surface area contributed by atoms with Crippen LogP contribution in [-0.4, -0.2) is 38.3 Å². The van der Waals surface area contributed by atoms with Crippen LogP contribution in [0.4, 0.5) is 0 Å². The number of aromatic amines is 1. The Balaban J connectivity index is 1.97. The highest BCUT2D eigenvalue weighted by Crippen LogP contribution is 2.23. The number of hydrogen-bond acceptors (Lipinski definition) is 5. The van der Waals surface area contributed by atoms with Crippen LogP contribution in [0.15, 0.2) is 17.7 Å². The Kier molecular flexibility index (Phi) is 5.60. The second-order valence-corrected chi connectivity index (χ2v) is 5.54. The van der Waals surface area contributed by atoms with Crippen molar-refractivity contribution in [2.75, 3.05) is 12.3 Å². The first-order valence-electron chi connectivity index (χ1n) is 6.85. The second kappa shape index (κ2) is 7.45. The first-order valence-corrected chi connectivity index (χ1v) is 7.84. The molecule has 2 heterocycles. The van der Waals surface area contributed by atoms with Crippen LogP contribution in [0.2, 0.25) is 0 Å². The van der Waals surface area contributed by atoms with E-state index in [0.29, 0.717) is 6.04 Å². The third-order valence-corrected chi connectivity index (χ3v) is 4.08. The zero-order chi connectivity index (χ0) is 13.5. The van der Waals surface area contributed by atoms with Crippen molar-refractivity contribution < 1.29 is 0 Å². The summed E-state index contributed by atoms with van der Waals surface area (Å²) < 4.78 is 0. The van der Waals surface area contributed by atoms with Crippen molar-refractivity contribution in [2.24, 2.45) is 0 Å². The molecule has 0 saturated carbocycles. The summed E-state index contributed by atoms with van der Waals surface area (Å²) in [6, 6.07) is 0.544. The van der Waals surface area contributed by atoms with Gasteiger partial charge in [0.15, 0.2) is 5.65 Å². The molecule has 0 aromatic carbocycles. The Bertz CT molecular complexity index is 498. The lowest BCUT2D eigenvalue weighted by atomic mass is 10.2. The molecule has 2 aromatic heterocycles. The van der Waals surface area contributed by atoms with Crippen molar-refractivity contribution in [3.63, 3.8) is 0 Å². The molecule has 0 aliphatic heterocycles. The first-order chi connectivity index (χ1) is 9.35. The minimum Gasteiger partial charge on any atom is -0.341 e. The van der Waals surface area contributed by atoms with E-state index in [1.807, 2.05) is 0 Å². The number of hydrogen-bond donors (Lipinski definition) is 2. The average Bonchev–Trinajstić information content (AvgIpc) is 2.90. The van der Waals surface area contributed by atoms with Gasteiger partial charge in [-0.15, -0.1) is 11.8 Å². The maximum atomic E-state index is 4.34. The van der Waals surface area contributed by atoms with Crippen LogP contribution in [-0.2, 0) is 0 Å². The van der Waals surface area contributed by atoms with Crippen molar-refractivity contribution in [3.05, 3.63) is 12.7 Å². The molecule has 6 heteroatoms. The SMILES string of the molecule is CCCNC(CCC)CSc1ncnc2nc[nH]c12. The lowest BCUT2D eigenvalue weighted by molar-refractivity contribution is 0.514. The van der Waals surface area contributed by atoms with E-state index < -0.39 is 0 Å². The minimum absolute atomic E-state index is 0.544. The van der Waals surface area contributed by atoms with Crippen molar-refractivity contribution in [1.29, 1.82) is 0 Å². The quantitative estimate of drug-likeness (QED) is 0.574. The van der Waals surface area contributed by atoms with Gasteiger partial charge >= 0.3 is 0 Å². The molecule has 0 aliphatic carbocycles. The van der Waals surface area contributed by atoms with E-state index in [-0.39, 0.29) is 0 Å². The predicted octanol–water partition coefficient (Wildman–Crippen LogP) is 2.61. The number of thioether (sulfide) groups is 1. The Morgan fingerprint density at radius 3 is 2.95 bits per heavy atom. The highest BCUT2D eigenvalue weighted by Gasteiger charge is 2.11. The maximum absolute atomic E-state index is 4.34. The number of fused-ring (bicyclic) bond motifs is 1. The number of imidazole rings is 1. The van der Waals surface area contributed by atoms with E-state index in [1.54, 1.807) is 24.4 Å². The van der Waals surface area contributed by atoms with Gasteiger partial charge in [0.05, 0.1) is 6.33 Å². The largest absolute Gasteiger partial charge is 0.341 e. The molecule has 2 rings (SSSR count). The molecule has 2 aromatic rings. The molecule has 0 radical (unpaired) electrons. The van der Waals surface area contributed by atoms with Gasteiger partial charge in [-0.3, -0.25) is 0 Å². The fourth-order valence-electron chi connectivity index (χ4n) is 1.97. The molecule has 0 spiro atoms. The van der Waals surface area contributed by atoms with E-state index in [2.05, 4.69) is 39.1 Å². The van der Waals surface area contributed by atoms with Crippen LogP contribution in [0, 0.1) is 0 Å². The molecule has 2 N–H and O–H groups in total. The van der Waals surface area contributed by atoms with Gasteiger partial charge in [0.2, 0.25) is 0 Å². The monoisotopic (exact) mass is 279 g/mol. The highest BCUT2D eigenvalue weighted by atomic mass is 32.2. The Labute approximate surface area is 118 Å². The Morgan fingerprint density at radius 2 is 2.16 bits per heavy atom. The number of aromatic nitrogens is 4. The summed E-state index contributed by atoms with van der Waals surface area (Å²) >= 11 is 1.77. The summed E-state index contributed by atoms with van der Waals surface area (Å²) in [5.74, 6) is 1.03. The van der Waals surface area contributed by atoms with E-state index in [9.17, 15) is 0 Å². The average molecular weight is 279 g/mol. The molecular weight excluding hydrogens is 258 g/mol. The van der Waals surface area contributed by atoms with Crippen molar-refractivity contribution in [3.8, 4) is 0 Å².